The highest BCUT2D eigenvalue weighted by molar-refractivity contribution is 5.55. The van der Waals surface area contributed by atoms with E-state index in [0.29, 0.717) is 5.75 Å². The summed E-state index contributed by atoms with van der Waals surface area (Å²) in [6, 6.07) is 4.94. The van der Waals surface area contributed by atoms with Crippen LogP contribution in [0.15, 0.2) is 24.3 Å². The van der Waals surface area contributed by atoms with E-state index in [0.717, 1.165) is 5.56 Å². The van der Waals surface area contributed by atoms with E-state index in [1.807, 2.05) is 0 Å². The zero-order chi connectivity index (χ0) is 17.7. The number of benzene rings is 1. The quantitative estimate of drug-likeness (QED) is 0.440. The second-order valence-corrected chi connectivity index (χ2v) is 5.31. The van der Waals surface area contributed by atoms with E-state index in [1.54, 1.807) is 30.4 Å². The van der Waals surface area contributed by atoms with Crippen LogP contribution in [0.25, 0.3) is 6.08 Å². The molecule has 1 aliphatic rings. The van der Waals surface area contributed by atoms with E-state index >= 15 is 0 Å². The van der Waals surface area contributed by atoms with Gasteiger partial charge in [-0.05, 0) is 17.7 Å². The largest absolute Gasteiger partial charge is 0.493 e. The monoisotopic (exact) mass is 342 g/mol. The second-order valence-electron chi connectivity index (χ2n) is 5.31. The van der Waals surface area contributed by atoms with Crippen molar-refractivity contribution in [3.63, 3.8) is 0 Å². The number of ether oxygens (including phenoxy) is 3. The van der Waals surface area contributed by atoms with Crippen molar-refractivity contribution in [2.75, 3.05) is 20.3 Å². The fourth-order valence-electron chi connectivity index (χ4n) is 2.36. The van der Waals surface area contributed by atoms with Gasteiger partial charge in [0.25, 0.3) is 0 Å². The first-order valence-electron chi connectivity index (χ1n) is 7.44. The maximum atomic E-state index is 10.00. The molecule has 1 aliphatic heterocycles. The molecule has 0 radical (unpaired) electrons. The molecule has 1 aromatic carbocycles. The molecule has 1 aromatic rings. The normalized spacial score (nSPS) is 30.5. The third kappa shape index (κ3) is 4.04. The number of aliphatic hydroxyl groups is 5. The molecule has 8 heteroatoms. The lowest BCUT2D eigenvalue weighted by Crippen LogP contribution is -2.60. The molecule has 0 spiro atoms. The van der Waals surface area contributed by atoms with E-state index < -0.39 is 37.3 Å². The van der Waals surface area contributed by atoms with Crippen LogP contribution in [0, 0.1) is 0 Å². The molecule has 5 N–H and O–H groups in total. The summed E-state index contributed by atoms with van der Waals surface area (Å²) in [6.45, 7) is -0.627. The molecule has 2 rings (SSSR count). The fraction of sp³-hybridized carbons (Fsp3) is 0.500. The van der Waals surface area contributed by atoms with E-state index in [4.69, 9.17) is 19.3 Å². The minimum absolute atomic E-state index is 0.0918. The van der Waals surface area contributed by atoms with Gasteiger partial charge >= 0.3 is 0 Å². The van der Waals surface area contributed by atoms with Gasteiger partial charge in [0.15, 0.2) is 11.5 Å². The Morgan fingerprint density at radius 1 is 1.08 bits per heavy atom. The molecule has 134 valence electrons. The van der Waals surface area contributed by atoms with Gasteiger partial charge in [-0.1, -0.05) is 18.2 Å². The Kier molecular flexibility index (Phi) is 6.55. The van der Waals surface area contributed by atoms with Crippen LogP contribution in [0.2, 0.25) is 0 Å². The van der Waals surface area contributed by atoms with Gasteiger partial charge in [0.2, 0.25) is 6.29 Å². The Morgan fingerprint density at radius 3 is 2.46 bits per heavy atom. The van der Waals surface area contributed by atoms with Gasteiger partial charge in [0, 0.05) is 0 Å². The van der Waals surface area contributed by atoms with E-state index in [1.165, 1.54) is 7.11 Å². The Labute approximate surface area is 139 Å². The maximum absolute atomic E-state index is 10.00. The predicted molar refractivity (Wildman–Crippen MR) is 83.5 cm³/mol. The van der Waals surface area contributed by atoms with Crippen molar-refractivity contribution in [3.05, 3.63) is 29.8 Å². The molecule has 0 aromatic heterocycles. The summed E-state index contributed by atoms with van der Waals surface area (Å²) < 4.78 is 16.1. The summed E-state index contributed by atoms with van der Waals surface area (Å²) in [6.07, 6.45) is -3.54. The number of rotatable bonds is 6. The topological polar surface area (TPSA) is 129 Å². The molecule has 24 heavy (non-hydrogen) atoms. The third-order valence-corrected chi connectivity index (χ3v) is 3.69. The van der Waals surface area contributed by atoms with Gasteiger partial charge in [-0.25, -0.2) is 0 Å². The highest BCUT2D eigenvalue weighted by Crippen LogP contribution is 2.32. The summed E-state index contributed by atoms with van der Waals surface area (Å²) >= 11 is 0. The Hall–Kier alpha value is -1.68. The van der Waals surface area contributed by atoms with Gasteiger partial charge in [0.1, 0.15) is 24.4 Å². The average molecular weight is 342 g/mol. The summed E-state index contributed by atoms with van der Waals surface area (Å²) in [5.74, 6) is 0.607. The van der Waals surface area contributed by atoms with E-state index in [2.05, 4.69) is 0 Å². The number of hydrogen-bond donors (Lipinski definition) is 5. The standard InChI is InChI=1S/C16H22O8/c1-22-11-7-9(3-2-6-17)4-5-10(11)23-16-15(21)14(20)13(19)12(8-18)24-16/h2-5,7,12-21H,6,8H2,1H3/t12-,13-,14+,15-,16+/m1/s1. The minimum atomic E-state index is -1.52. The van der Waals surface area contributed by atoms with Crippen molar-refractivity contribution in [1.29, 1.82) is 0 Å². The zero-order valence-electron chi connectivity index (χ0n) is 13.1. The van der Waals surface area contributed by atoms with Crippen LogP contribution < -0.4 is 9.47 Å². The van der Waals surface area contributed by atoms with Crippen molar-refractivity contribution in [2.24, 2.45) is 0 Å². The number of aliphatic hydroxyl groups excluding tert-OH is 5. The summed E-state index contributed by atoms with van der Waals surface area (Å²) in [4.78, 5) is 0. The summed E-state index contributed by atoms with van der Waals surface area (Å²) in [5, 5.41) is 47.5. The second kappa shape index (κ2) is 8.43. The van der Waals surface area contributed by atoms with Gasteiger partial charge in [0.05, 0.1) is 20.3 Å². The number of methoxy groups -OCH3 is 1. The molecule has 1 saturated heterocycles. The predicted octanol–water partition coefficient (Wildman–Crippen LogP) is -1.12. The minimum Gasteiger partial charge on any atom is -0.493 e. The van der Waals surface area contributed by atoms with Gasteiger partial charge in [-0.15, -0.1) is 0 Å². The molecule has 0 saturated carbocycles. The summed E-state index contributed by atoms with van der Waals surface area (Å²) in [5.41, 5.74) is 0.766. The Morgan fingerprint density at radius 2 is 1.83 bits per heavy atom. The van der Waals surface area contributed by atoms with Gasteiger partial charge in [-0.2, -0.15) is 0 Å². The molecule has 0 amide bonds. The van der Waals surface area contributed by atoms with Crippen LogP contribution in [0.3, 0.4) is 0 Å². The van der Waals surface area contributed by atoms with Crippen LogP contribution in [0.5, 0.6) is 11.5 Å². The highest BCUT2D eigenvalue weighted by Gasteiger charge is 2.44. The lowest BCUT2D eigenvalue weighted by Gasteiger charge is -2.39. The molecule has 1 fully saturated rings. The smallest absolute Gasteiger partial charge is 0.229 e. The Bertz CT molecular complexity index is 559. The fourth-order valence-corrected chi connectivity index (χ4v) is 2.36. The van der Waals surface area contributed by atoms with Crippen molar-refractivity contribution < 1.29 is 39.7 Å². The van der Waals surface area contributed by atoms with Crippen LogP contribution in [0.4, 0.5) is 0 Å². The van der Waals surface area contributed by atoms with Crippen LogP contribution in [-0.4, -0.2) is 76.6 Å². The maximum Gasteiger partial charge on any atom is 0.229 e. The molecule has 1 heterocycles. The molecule has 0 unspecified atom stereocenters. The van der Waals surface area contributed by atoms with Gasteiger partial charge in [-0.3, -0.25) is 0 Å². The SMILES string of the molecule is COc1cc(C=CCO)ccc1O[C@H]1O[C@H](CO)[C@@H](O)[C@H](O)[C@H]1O. The van der Waals surface area contributed by atoms with Crippen LogP contribution in [0.1, 0.15) is 5.56 Å². The molecular formula is C16H22O8. The molecule has 0 bridgehead atoms. The van der Waals surface area contributed by atoms with Crippen molar-refractivity contribution in [1.82, 2.24) is 0 Å². The van der Waals surface area contributed by atoms with E-state index in [9.17, 15) is 20.4 Å². The molecular weight excluding hydrogens is 320 g/mol. The van der Waals surface area contributed by atoms with Crippen molar-refractivity contribution in [3.8, 4) is 11.5 Å². The first kappa shape index (κ1) is 18.7. The van der Waals surface area contributed by atoms with Crippen molar-refractivity contribution >= 4 is 6.08 Å². The lowest BCUT2D eigenvalue weighted by molar-refractivity contribution is -0.277. The third-order valence-electron chi connectivity index (χ3n) is 3.69. The van der Waals surface area contributed by atoms with Gasteiger partial charge < -0.3 is 39.7 Å². The molecule has 0 aliphatic carbocycles. The average Bonchev–Trinajstić information content (AvgIpc) is 2.61. The van der Waals surface area contributed by atoms with Crippen LogP contribution in [-0.2, 0) is 4.74 Å². The molecule has 8 nitrogen and oxygen atoms in total. The zero-order valence-corrected chi connectivity index (χ0v) is 13.1. The number of hydrogen-bond acceptors (Lipinski definition) is 8. The first-order valence-corrected chi connectivity index (χ1v) is 7.44. The highest BCUT2D eigenvalue weighted by atomic mass is 16.7. The van der Waals surface area contributed by atoms with E-state index in [-0.39, 0.29) is 12.4 Å². The lowest BCUT2D eigenvalue weighted by atomic mass is 9.99. The van der Waals surface area contributed by atoms with Crippen LogP contribution >= 0.6 is 0 Å². The summed E-state index contributed by atoms with van der Waals surface area (Å²) in [7, 11) is 1.44. The Balaban J connectivity index is 2.18. The first-order chi connectivity index (χ1) is 11.5. The van der Waals surface area contributed by atoms with Crippen molar-refractivity contribution in [2.45, 2.75) is 30.7 Å². The molecule has 5 atom stereocenters.